The van der Waals surface area contributed by atoms with Crippen molar-refractivity contribution in [2.45, 2.75) is 25.7 Å². The standard InChI is InChI=1S/C18H20FN3O3.ClH/c1-11-5-12(8-20)6-17(21-11)25-14-4-2-3-13(7-14)18(24)22-9-15(19)16(23)10-22;/h2-7,15-16,23H,8-10,20H2,1H3;1H. The SMILES string of the molecule is Cc1cc(CN)cc(Oc2cccc(C(=O)N3CC(O)C(F)C3)c2)n1.Cl. The van der Waals surface area contributed by atoms with Gasteiger partial charge >= 0.3 is 0 Å². The number of aromatic nitrogens is 1. The van der Waals surface area contributed by atoms with Crippen LogP contribution in [0.4, 0.5) is 4.39 Å². The summed E-state index contributed by atoms with van der Waals surface area (Å²) in [5.74, 6) is 0.499. The molecule has 2 heterocycles. The van der Waals surface area contributed by atoms with Crippen LogP contribution >= 0.6 is 12.4 Å². The molecule has 1 aliphatic rings. The fourth-order valence-electron chi connectivity index (χ4n) is 2.79. The maximum absolute atomic E-state index is 13.4. The zero-order valence-corrected chi connectivity index (χ0v) is 15.1. The summed E-state index contributed by atoms with van der Waals surface area (Å²) in [6.07, 6.45) is -2.54. The van der Waals surface area contributed by atoms with Gasteiger partial charge in [0.05, 0.1) is 6.54 Å². The molecule has 1 aromatic carbocycles. The van der Waals surface area contributed by atoms with E-state index < -0.39 is 12.3 Å². The molecule has 8 heteroatoms. The Hall–Kier alpha value is -2.22. The van der Waals surface area contributed by atoms with E-state index in [4.69, 9.17) is 10.5 Å². The number of alkyl halides is 1. The van der Waals surface area contributed by atoms with Crippen LogP contribution in [-0.4, -0.2) is 46.3 Å². The number of likely N-dealkylation sites (tertiary alicyclic amines) is 1. The molecule has 1 fully saturated rings. The third-order valence-corrected chi connectivity index (χ3v) is 4.04. The van der Waals surface area contributed by atoms with Crippen LogP contribution in [0.5, 0.6) is 11.6 Å². The van der Waals surface area contributed by atoms with Crippen LogP contribution in [0.25, 0.3) is 0 Å². The zero-order chi connectivity index (χ0) is 18.0. The number of carbonyl (C=O) groups excluding carboxylic acids is 1. The molecule has 0 bridgehead atoms. The number of halogens is 2. The largest absolute Gasteiger partial charge is 0.439 e. The van der Waals surface area contributed by atoms with Gasteiger partial charge in [0.15, 0.2) is 0 Å². The van der Waals surface area contributed by atoms with Gasteiger partial charge in [-0.1, -0.05) is 6.07 Å². The van der Waals surface area contributed by atoms with E-state index in [0.717, 1.165) is 11.3 Å². The predicted molar refractivity (Wildman–Crippen MR) is 97.4 cm³/mol. The number of β-amino-alcohol motifs (C(OH)–C–C–N with tert-alkyl or cyclic N) is 1. The average Bonchev–Trinajstić information content (AvgIpc) is 2.93. The summed E-state index contributed by atoms with van der Waals surface area (Å²) in [5.41, 5.74) is 7.70. The highest BCUT2D eigenvalue weighted by atomic mass is 35.5. The van der Waals surface area contributed by atoms with Gasteiger partial charge in [0.1, 0.15) is 18.0 Å². The molecule has 1 aromatic heterocycles. The van der Waals surface area contributed by atoms with Crippen LogP contribution < -0.4 is 10.5 Å². The minimum absolute atomic E-state index is 0. The number of amides is 1. The Bertz CT molecular complexity index is 780. The van der Waals surface area contributed by atoms with Gasteiger partial charge in [-0.2, -0.15) is 0 Å². The van der Waals surface area contributed by atoms with E-state index in [0.29, 0.717) is 23.7 Å². The van der Waals surface area contributed by atoms with Gasteiger partial charge in [-0.15, -0.1) is 12.4 Å². The highest BCUT2D eigenvalue weighted by Gasteiger charge is 2.34. The average molecular weight is 382 g/mol. The van der Waals surface area contributed by atoms with Crippen LogP contribution in [0.15, 0.2) is 36.4 Å². The molecule has 0 aliphatic carbocycles. The lowest BCUT2D eigenvalue weighted by atomic mass is 10.2. The lowest BCUT2D eigenvalue weighted by Crippen LogP contribution is -2.29. The molecule has 1 saturated heterocycles. The van der Waals surface area contributed by atoms with Crippen LogP contribution in [0.3, 0.4) is 0 Å². The van der Waals surface area contributed by atoms with Gasteiger partial charge in [-0.3, -0.25) is 4.79 Å². The molecular weight excluding hydrogens is 361 g/mol. The molecule has 2 atom stereocenters. The van der Waals surface area contributed by atoms with E-state index in [2.05, 4.69) is 4.98 Å². The number of ether oxygens (including phenoxy) is 1. The summed E-state index contributed by atoms with van der Waals surface area (Å²) in [7, 11) is 0. The maximum atomic E-state index is 13.4. The van der Waals surface area contributed by atoms with E-state index in [1.54, 1.807) is 30.3 Å². The molecule has 6 nitrogen and oxygen atoms in total. The molecule has 0 radical (unpaired) electrons. The van der Waals surface area contributed by atoms with Crippen molar-refractivity contribution in [2.75, 3.05) is 13.1 Å². The number of aliphatic hydroxyl groups excluding tert-OH is 1. The quantitative estimate of drug-likeness (QED) is 0.847. The maximum Gasteiger partial charge on any atom is 0.254 e. The third kappa shape index (κ3) is 4.49. The van der Waals surface area contributed by atoms with Crippen LogP contribution in [0.2, 0.25) is 0 Å². The molecule has 1 aliphatic heterocycles. The Kier molecular flexibility index (Phi) is 6.52. The first-order chi connectivity index (χ1) is 12.0. The van der Waals surface area contributed by atoms with Crippen molar-refractivity contribution in [1.82, 2.24) is 9.88 Å². The molecule has 3 rings (SSSR count). The second-order valence-corrected chi connectivity index (χ2v) is 6.08. The lowest BCUT2D eigenvalue weighted by Gasteiger charge is -2.15. The van der Waals surface area contributed by atoms with Crippen molar-refractivity contribution in [2.24, 2.45) is 5.73 Å². The normalized spacial score (nSPS) is 19.2. The second kappa shape index (κ2) is 8.44. The van der Waals surface area contributed by atoms with Crippen LogP contribution in [0.1, 0.15) is 21.6 Å². The van der Waals surface area contributed by atoms with E-state index in [-0.39, 0.29) is 31.4 Å². The van der Waals surface area contributed by atoms with E-state index in [1.807, 2.05) is 13.0 Å². The second-order valence-electron chi connectivity index (χ2n) is 6.08. The molecule has 2 aromatic rings. The summed E-state index contributed by atoms with van der Waals surface area (Å²) in [6, 6.07) is 10.2. The number of nitrogens with zero attached hydrogens (tertiary/aromatic N) is 2. The van der Waals surface area contributed by atoms with Gasteiger partial charge in [0.25, 0.3) is 5.91 Å². The first kappa shape index (κ1) is 20.1. The molecular formula is C18H21ClFN3O3. The predicted octanol–water partition coefficient (Wildman–Crippen LogP) is 2.22. The van der Waals surface area contributed by atoms with Crippen molar-refractivity contribution in [1.29, 1.82) is 0 Å². The number of carbonyl (C=O) groups is 1. The summed E-state index contributed by atoms with van der Waals surface area (Å²) in [5, 5.41) is 9.48. The Morgan fingerprint density at radius 2 is 2.15 bits per heavy atom. The van der Waals surface area contributed by atoms with E-state index in [9.17, 15) is 14.3 Å². The monoisotopic (exact) mass is 381 g/mol. The summed E-state index contributed by atoms with van der Waals surface area (Å²) in [6.45, 7) is 2.10. The van der Waals surface area contributed by atoms with Gasteiger partial charge in [0, 0.05) is 30.4 Å². The number of hydrogen-bond donors (Lipinski definition) is 2. The molecule has 1 amide bonds. The number of benzene rings is 1. The van der Waals surface area contributed by atoms with Gasteiger partial charge in [-0.25, -0.2) is 9.37 Å². The topological polar surface area (TPSA) is 88.7 Å². The molecule has 140 valence electrons. The Labute approximate surface area is 157 Å². The highest BCUT2D eigenvalue weighted by Crippen LogP contribution is 2.24. The van der Waals surface area contributed by atoms with Crippen LogP contribution in [0, 0.1) is 6.92 Å². The molecule has 0 saturated carbocycles. The van der Waals surface area contributed by atoms with Gasteiger partial charge in [-0.05, 0) is 36.8 Å². The van der Waals surface area contributed by atoms with Crippen LogP contribution in [-0.2, 0) is 6.54 Å². The summed E-state index contributed by atoms with van der Waals surface area (Å²) < 4.78 is 19.2. The molecule has 2 unspecified atom stereocenters. The van der Waals surface area contributed by atoms with Gasteiger partial charge < -0.3 is 20.5 Å². The Morgan fingerprint density at radius 1 is 1.38 bits per heavy atom. The number of hydrogen-bond acceptors (Lipinski definition) is 5. The fourth-order valence-corrected chi connectivity index (χ4v) is 2.79. The minimum Gasteiger partial charge on any atom is -0.439 e. The van der Waals surface area contributed by atoms with E-state index >= 15 is 0 Å². The number of pyridine rings is 1. The minimum atomic E-state index is -1.41. The Balaban J connectivity index is 0.00000243. The third-order valence-electron chi connectivity index (χ3n) is 4.04. The number of nitrogens with two attached hydrogens (primary N) is 1. The van der Waals surface area contributed by atoms with Gasteiger partial charge in [0.2, 0.25) is 5.88 Å². The Morgan fingerprint density at radius 3 is 2.81 bits per heavy atom. The molecule has 3 N–H and O–H groups in total. The number of rotatable bonds is 4. The zero-order valence-electron chi connectivity index (χ0n) is 14.3. The van der Waals surface area contributed by atoms with Crippen molar-refractivity contribution in [3.05, 3.63) is 53.2 Å². The van der Waals surface area contributed by atoms with Crippen molar-refractivity contribution < 1.29 is 19.0 Å². The smallest absolute Gasteiger partial charge is 0.254 e. The number of aliphatic hydroxyl groups is 1. The van der Waals surface area contributed by atoms with E-state index in [1.165, 1.54) is 4.90 Å². The molecule has 0 spiro atoms. The summed E-state index contributed by atoms with van der Waals surface area (Å²) >= 11 is 0. The summed E-state index contributed by atoms with van der Waals surface area (Å²) in [4.78, 5) is 18.0. The lowest BCUT2D eigenvalue weighted by molar-refractivity contribution is 0.0764. The van der Waals surface area contributed by atoms with Crippen molar-refractivity contribution in [3.8, 4) is 11.6 Å². The van der Waals surface area contributed by atoms with Crippen molar-refractivity contribution >= 4 is 18.3 Å². The first-order valence-electron chi connectivity index (χ1n) is 8.03. The number of aryl methyl sites for hydroxylation is 1. The highest BCUT2D eigenvalue weighted by molar-refractivity contribution is 5.94. The first-order valence-corrected chi connectivity index (χ1v) is 8.03. The molecule has 26 heavy (non-hydrogen) atoms. The fraction of sp³-hybridized carbons (Fsp3) is 0.333. The van der Waals surface area contributed by atoms with Crippen molar-refractivity contribution in [3.63, 3.8) is 0 Å².